The fourth-order valence-electron chi connectivity index (χ4n) is 3.91. The molecule has 1 amide bonds. The Bertz CT molecular complexity index is 869. The lowest BCUT2D eigenvalue weighted by molar-refractivity contribution is -0.0389. The number of carbonyl (C=O) groups excluding carboxylic acids is 2. The van der Waals surface area contributed by atoms with Gasteiger partial charge in [0, 0.05) is 44.2 Å². The highest BCUT2D eigenvalue weighted by Gasteiger charge is 2.47. The number of likely N-dealkylation sites (tertiary alicyclic amines) is 1. The van der Waals surface area contributed by atoms with Gasteiger partial charge < -0.3 is 19.1 Å². The van der Waals surface area contributed by atoms with Gasteiger partial charge in [-0.3, -0.25) is 4.79 Å². The van der Waals surface area contributed by atoms with E-state index in [1.54, 1.807) is 37.4 Å². The SMILES string of the molecule is COCCOc1ccc(C(=O)N2CCC3(CC2)OC(=O)c2ccccc23)cc1. The van der Waals surface area contributed by atoms with Gasteiger partial charge in [0.2, 0.25) is 0 Å². The summed E-state index contributed by atoms with van der Waals surface area (Å²) in [6.07, 6.45) is 1.22. The second-order valence-corrected chi connectivity index (χ2v) is 7.09. The molecule has 6 nitrogen and oxygen atoms in total. The number of hydrogen-bond donors (Lipinski definition) is 0. The number of fused-ring (bicyclic) bond motifs is 2. The topological polar surface area (TPSA) is 65.1 Å². The summed E-state index contributed by atoms with van der Waals surface area (Å²) in [6.45, 7) is 2.08. The minimum atomic E-state index is -0.594. The Morgan fingerprint density at radius 3 is 2.50 bits per heavy atom. The standard InChI is InChI=1S/C22H23NO5/c1-26-14-15-27-17-8-6-16(7-9-17)20(24)23-12-10-22(11-13-23)19-5-3-2-4-18(19)21(25)28-22/h2-9H,10-15H2,1H3. The van der Waals surface area contributed by atoms with Crippen LogP contribution < -0.4 is 4.74 Å². The summed E-state index contributed by atoms with van der Waals surface area (Å²) in [5, 5.41) is 0. The lowest BCUT2D eigenvalue weighted by Gasteiger charge is -2.38. The van der Waals surface area contributed by atoms with Crippen LogP contribution in [0.15, 0.2) is 48.5 Å². The minimum absolute atomic E-state index is 0.0177. The van der Waals surface area contributed by atoms with Gasteiger partial charge in [-0.2, -0.15) is 0 Å². The summed E-state index contributed by atoms with van der Waals surface area (Å²) in [5.41, 5.74) is 1.62. The number of hydrogen-bond acceptors (Lipinski definition) is 5. The van der Waals surface area contributed by atoms with Gasteiger partial charge in [0.1, 0.15) is 18.0 Å². The number of piperidine rings is 1. The van der Waals surface area contributed by atoms with Gasteiger partial charge in [-0.15, -0.1) is 0 Å². The van der Waals surface area contributed by atoms with E-state index >= 15 is 0 Å². The molecular formula is C22H23NO5. The number of esters is 1. The zero-order valence-corrected chi connectivity index (χ0v) is 15.8. The van der Waals surface area contributed by atoms with Gasteiger partial charge in [-0.1, -0.05) is 18.2 Å². The Balaban J connectivity index is 1.40. The van der Waals surface area contributed by atoms with Gasteiger partial charge >= 0.3 is 5.97 Å². The Kier molecular flexibility index (Phi) is 5.05. The van der Waals surface area contributed by atoms with Crippen molar-refractivity contribution in [3.8, 4) is 5.75 Å². The molecule has 2 aliphatic rings. The third kappa shape index (κ3) is 3.36. The molecule has 2 heterocycles. The zero-order valence-electron chi connectivity index (χ0n) is 15.8. The van der Waals surface area contributed by atoms with Crippen molar-refractivity contribution in [2.75, 3.05) is 33.4 Å². The van der Waals surface area contributed by atoms with Crippen LogP contribution >= 0.6 is 0 Å². The highest BCUT2D eigenvalue weighted by Crippen LogP contribution is 2.44. The largest absolute Gasteiger partial charge is 0.491 e. The lowest BCUT2D eigenvalue weighted by Crippen LogP contribution is -2.45. The molecule has 0 aromatic heterocycles. The third-order valence-corrected chi connectivity index (χ3v) is 5.44. The van der Waals surface area contributed by atoms with Crippen molar-refractivity contribution >= 4 is 11.9 Å². The van der Waals surface area contributed by atoms with E-state index in [4.69, 9.17) is 14.2 Å². The van der Waals surface area contributed by atoms with Gasteiger partial charge in [0.15, 0.2) is 0 Å². The second-order valence-electron chi connectivity index (χ2n) is 7.09. The fourth-order valence-corrected chi connectivity index (χ4v) is 3.91. The van der Waals surface area contributed by atoms with E-state index in [1.165, 1.54) is 0 Å². The number of nitrogens with zero attached hydrogens (tertiary/aromatic N) is 1. The average molecular weight is 381 g/mol. The fraction of sp³-hybridized carbons (Fsp3) is 0.364. The van der Waals surface area contributed by atoms with E-state index in [0.29, 0.717) is 56.0 Å². The first-order valence-corrected chi connectivity index (χ1v) is 9.47. The van der Waals surface area contributed by atoms with E-state index in [9.17, 15) is 9.59 Å². The summed E-state index contributed by atoms with van der Waals surface area (Å²) in [5.74, 6) is 0.427. The van der Waals surface area contributed by atoms with Gasteiger partial charge in [0.05, 0.1) is 12.2 Å². The molecule has 0 bridgehead atoms. The van der Waals surface area contributed by atoms with Crippen molar-refractivity contribution < 1.29 is 23.8 Å². The Hall–Kier alpha value is -2.86. The molecule has 0 radical (unpaired) electrons. The molecule has 1 spiro atoms. The first kappa shape index (κ1) is 18.5. The normalized spacial score (nSPS) is 17.3. The number of methoxy groups -OCH3 is 1. The van der Waals surface area contributed by atoms with E-state index in [-0.39, 0.29) is 11.9 Å². The highest BCUT2D eigenvalue weighted by atomic mass is 16.6. The molecule has 1 fully saturated rings. The van der Waals surface area contributed by atoms with Crippen LogP contribution in [0.5, 0.6) is 5.75 Å². The predicted octanol–water partition coefficient (Wildman–Crippen LogP) is 3.01. The first-order chi connectivity index (χ1) is 13.6. The molecule has 2 aromatic rings. The van der Waals surface area contributed by atoms with Crippen LogP contribution in [0.25, 0.3) is 0 Å². The number of ether oxygens (including phenoxy) is 3. The second kappa shape index (κ2) is 7.64. The monoisotopic (exact) mass is 381 g/mol. The van der Waals surface area contributed by atoms with E-state index in [1.807, 2.05) is 23.1 Å². The maximum Gasteiger partial charge on any atom is 0.339 e. The van der Waals surface area contributed by atoms with E-state index in [2.05, 4.69) is 0 Å². The molecule has 28 heavy (non-hydrogen) atoms. The predicted molar refractivity (Wildman–Crippen MR) is 102 cm³/mol. The Labute approximate surface area is 164 Å². The molecule has 0 unspecified atom stereocenters. The molecule has 1 saturated heterocycles. The van der Waals surface area contributed by atoms with Gasteiger partial charge in [-0.05, 0) is 30.3 Å². The van der Waals surface area contributed by atoms with Crippen LogP contribution in [-0.2, 0) is 15.1 Å². The number of amides is 1. The van der Waals surface area contributed by atoms with Crippen molar-refractivity contribution in [3.63, 3.8) is 0 Å². The molecule has 4 rings (SSSR count). The Morgan fingerprint density at radius 1 is 1.07 bits per heavy atom. The van der Waals surface area contributed by atoms with Crippen LogP contribution in [0.2, 0.25) is 0 Å². The van der Waals surface area contributed by atoms with Crippen LogP contribution in [0.3, 0.4) is 0 Å². The van der Waals surface area contributed by atoms with Gasteiger partial charge in [-0.25, -0.2) is 4.79 Å². The van der Waals surface area contributed by atoms with Crippen molar-refractivity contribution in [3.05, 3.63) is 65.2 Å². The molecule has 2 aliphatic heterocycles. The van der Waals surface area contributed by atoms with Crippen LogP contribution in [0, 0.1) is 0 Å². The van der Waals surface area contributed by atoms with E-state index < -0.39 is 5.60 Å². The molecule has 2 aromatic carbocycles. The molecule has 0 N–H and O–H groups in total. The maximum absolute atomic E-state index is 12.8. The van der Waals surface area contributed by atoms with Crippen molar-refractivity contribution in [2.24, 2.45) is 0 Å². The summed E-state index contributed by atoms with van der Waals surface area (Å²) < 4.78 is 16.2. The smallest absolute Gasteiger partial charge is 0.339 e. The summed E-state index contributed by atoms with van der Waals surface area (Å²) >= 11 is 0. The maximum atomic E-state index is 12.8. The van der Waals surface area contributed by atoms with E-state index in [0.717, 1.165) is 5.56 Å². The molecule has 6 heteroatoms. The quantitative estimate of drug-likeness (QED) is 0.588. The summed E-state index contributed by atoms with van der Waals surface area (Å²) in [6, 6.07) is 14.7. The van der Waals surface area contributed by atoms with Crippen LogP contribution in [-0.4, -0.2) is 50.2 Å². The minimum Gasteiger partial charge on any atom is -0.491 e. The summed E-state index contributed by atoms with van der Waals surface area (Å²) in [7, 11) is 1.62. The Morgan fingerprint density at radius 2 is 1.79 bits per heavy atom. The van der Waals surface area contributed by atoms with Crippen LogP contribution in [0.1, 0.15) is 39.1 Å². The molecule has 0 atom stereocenters. The molecule has 146 valence electrons. The molecular weight excluding hydrogens is 358 g/mol. The van der Waals surface area contributed by atoms with Crippen molar-refractivity contribution in [1.82, 2.24) is 4.90 Å². The average Bonchev–Trinajstić information content (AvgIpc) is 3.01. The molecule has 0 saturated carbocycles. The molecule has 0 aliphatic carbocycles. The van der Waals surface area contributed by atoms with Gasteiger partial charge in [0.25, 0.3) is 5.91 Å². The third-order valence-electron chi connectivity index (χ3n) is 5.44. The number of benzene rings is 2. The number of carbonyl (C=O) groups is 2. The zero-order chi connectivity index (χ0) is 19.6. The summed E-state index contributed by atoms with van der Waals surface area (Å²) in [4.78, 5) is 26.8. The van der Waals surface area contributed by atoms with Crippen LogP contribution in [0.4, 0.5) is 0 Å². The highest BCUT2D eigenvalue weighted by molar-refractivity contribution is 5.95. The van der Waals surface area contributed by atoms with Crippen molar-refractivity contribution in [2.45, 2.75) is 18.4 Å². The number of rotatable bonds is 5. The lowest BCUT2D eigenvalue weighted by atomic mass is 9.83. The first-order valence-electron chi connectivity index (χ1n) is 9.47. The van der Waals surface area contributed by atoms with Crippen molar-refractivity contribution in [1.29, 1.82) is 0 Å².